The summed E-state index contributed by atoms with van der Waals surface area (Å²) in [6.07, 6.45) is -0.767. The number of halogens is 3. The van der Waals surface area contributed by atoms with Gasteiger partial charge in [0.1, 0.15) is 33.6 Å². The third-order valence-electron chi connectivity index (χ3n) is 5.73. The van der Waals surface area contributed by atoms with Gasteiger partial charge in [-0.05, 0) is 80.6 Å². The molecule has 0 aliphatic carbocycles. The molecule has 2 N–H and O–H groups in total. The summed E-state index contributed by atoms with van der Waals surface area (Å²) in [5, 5.41) is 27.5. The van der Waals surface area contributed by atoms with Gasteiger partial charge in [0, 0.05) is 17.2 Å². The number of ether oxygens (including phenoxy) is 2. The smallest absolute Gasteiger partial charge is 0.132 e. The lowest BCUT2D eigenvalue weighted by molar-refractivity contribution is 0.0877. The topological polar surface area (TPSA) is 89.6 Å². The van der Waals surface area contributed by atoms with E-state index in [0.29, 0.717) is 33.5 Å². The first-order valence-electron chi connectivity index (χ1n) is 11.2. The van der Waals surface area contributed by atoms with Crippen molar-refractivity contribution in [3.63, 3.8) is 0 Å². The predicted molar refractivity (Wildman–Crippen MR) is 153 cm³/mol. The first kappa shape index (κ1) is 28.4. The van der Waals surface area contributed by atoms with Gasteiger partial charge in [0.05, 0.1) is 23.3 Å². The van der Waals surface area contributed by atoms with E-state index in [-0.39, 0.29) is 25.2 Å². The van der Waals surface area contributed by atoms with Crippen molar-refractivity contribution >= 4 is 56.8 Å². The van der Waals surface area contributed by atoms with Gasteiger partial charge >= 0.3 is 0 Å². The van der Waals surface area contributed by atoms with Crippen LogP contribution >= 0.6 is 56.8 Å². The van der Waals surface area contributed by atoms with Crippen LogP contribution in [0, 0.1) is 13.2 Å². The normalized spacial score (nSPS) is 13.5. The fraction of sp³-hybridized carbons (Fsp3) is 0.440. The first-order chi connectivity index (χ1) is 16.6. The van der Waals surface area contributed by atoms with Crippen LogP contribution < -0.4 is 9.47 Å². The highest BCUT2D eigenvalue weighted by Gasteiger charge is 2.24. The minimum atomic E-state index is -0.767. The molecule has 0 fully saturated rings. The minimum Gasteiger partial charge on any atom is -0.493 e. The second kappa shape index (κ2) is 12.9. The van der Waals surface area contributed by atoms with Crippen LogP contribution in [0.1, 0.15) is 37.6 Å². The number of alkyl halides is 1. The SMILES string of the molecule is C[C@H](CCl)COc1ccc(C(C)(C)c2ccc(OC[C@H](O)Cn3nnc(CO)c3I)c([123I])c2)cc1. The van der Waals surface area contributed by atoms with Crippen molar-refractivity contribution in [1.82, 2.24) is 15.0 Å². The number of benzene rings is 2. The molecule has 0 unspecified atom stereocenters. The van der Waals surface area contributed by atoms with Gasteiger partial charge in [0.25, 0.3) is 0 Å². The molecule has 0 aliphatic rings. The van der Waals surface area contributed by atoms with Crippen LogP contribution in [-0.4, -0.2) is 50.4 Å². The second-order valence-corrected chi connectivity index (χ2v) is 11.5. The molecule has 7 nitrogen and oxygen atoms in total. The minimum absolute atomic E-state index is 0.118. The molecule has 0 spiro atoms. The Hall–Kier alpha value is -1.15. The van der Waals surface area contributed by atoms with E-state index in [1.165, 1.54) is 5.56 Å². The fourth-order valence-electron chi connectivity index (χ4n) is 3.41. The van der Waals surface area contributed by atoms with E-state index in [4.69, 9.17) is 21.1 Å². The molecule has 0 radical (unpaired) electrons. The molecule has 0 aliphatic heterocycles. The van der Waals surface area contributed by atoms with Gasteiger partial charge in [0.2, 0.25) is 0 Å². The fourth-order valence-corrected chi connectivity index (χ4v) is 4.75. The molecule has 2 atom stereocenters. The Bertz CT molecular complexity index is 1110. The number of hydrogen-bond acceptors (Lipinski definition) is 6. The quantitative estimate of drug-likeness (QED) is 0.202. The average Bonchev–Trinajstić information content (AvgIpc) is 3.20. The van der Waals surface area contributed by atoms with E-state index in [2.05, 4.69) is 101 Å². The molecule has 0 saturated heterocycles. The molecule has 0 amide bonds. The maximum atomic E-state index is 10.4. The van der Waals surface area contributed by atoms with Gasteiger partial charge in [-0.15, -0.1) is 16.7 Å². The summed E-state index contributed by atoms with van der Waals surface area (Å²) in [5.74, 6) is 2.44. The van der Waals surface area contributed by atoms with Crippen LogP contribution in [0.5, 0.6) is 11.5 Å². The maximum absolute atomic E-state index is 10.4. The Kier molecular flexibility index (Phi) is 10.5. The first-order valence-corrected chi connectivity index (χ1v) is 13.9. The number of nitrogens with zero attached hydrogens (tertiary/aromatic N) is 3. The van der Waals surface area contributed by atoms with Crippen molar-refractivity contribution < 1.29 is 19.7 Å². The molecule has 35 heavy (non-hydrogen) atoms. The molecule has 1 heterocycles. The number of rotatable bonds is 12. The van der Waals surface area contributed by atoms with Gasteiger partial charge in [0.15, 0.2) is 0 Å². The Morgan fingerprint density at radius 3 is 2.40 bits per heavy atom. The molecule has 3 aromatic rings. The van der Waals surface area contributed by atoms with Crippen molar-refractivity contribution in [2.45, 2.75) is 45.4 Å². The molecule has 10 heteroatoms. The summed E-state index contributed by atoms with van der Waals surface area (Å²) < 4.78 is 14.9. The summed E-state index contributed by atoms with van der Waals surface area (Å²) in [6, 6.07) is 14.3. The summed E-state index contributed by atoms with van der Waals surface area (Å²) in [4.78, 5) is 0. The number of aromatic nitrogens is 3. The molecular weight excluding hydrogens is 692 g/mol. The van der Waals surface area contributed by atoms with Crippen molar-refractivity contribution in [1.29, 1.82) is 0 Å². The molecule has 2 aromatic carbocycles. The summed E-state index contributed by atoms with van der Waals surface area (Å²) >= 11 is 10.2. The van der Waals surface area contributed by atoms with Gasteiger partial charge < -0.3 is 19.7 Å². The molecule has 0 bridgehead atoms. The van der Waals surface area contributed by atoms with Crippen LogP contribution in [0.25, 0.3) is 0 Å². The van der Waals surface area contributed by atoms with Gasteiger partial charge in [-0.2, -0.15) is 0 Å². The van der Waals surface area contributed by atoms with Crippen LogP contribution in [0.15, 0.2) is 42.5 Å². The zero-order chi connectivity index (χ0) is 25.6. The van der Waals surface area contributed by atoms with E-state index in [9.17, 15) is 10.2 Å². The van der Waals surface area contributed by atoms with Crippen LogP contribution in [-0.2, 0) is 18.6 Å². The molecule has 1 aromatic heterocycles. The molecular formula is C25H30ClI2N3O4. The third kappa shape index (κ3) is 7.43. The zero-order valence-corrected chi connectivity index (χ0v) is 25.0. The predicted octanol–water partition coefficient (Wildman–Crippen LogP) is 5.00. The molecule has 3 rings (SSSR count). The van der Waals surface area contributed by atoms with E-state index in [0.717, 1.165) is 14.9 Å². The summed E-state index contributed by atoms with van der Waals surface area (Å²) in [5.41, 5.74) is 2.62. The van der Waals surface area contributed by atoms with Crippen molar-refractivity contribution in [3.8, 4) is 11.5 Å². The highest BCUT2D eigenvalue weighted by Crippen LogP contribution is 2.35. The monoisotopic (exact) mass is 721 g/mol. The zero-order valence-electron chi connectivity index (χ0n) is 19.9. The number of aliphatic hydroxyl groups is 2. The van der Waals surface area contributed by atoms with Crippen molar-refractivity contribution in [3.05, 3.63) is 66.6 Å². The Morgan fingerprint density at radius 2 is 1.80 bits per heavy atom. The highest BCUT2D eigenvalue weighted by atomic mass is 127. The molecule has 0 saturated carbocycles. The Balaban J connectivity index is 1.62. The van der Waals surface area contributed by atoms with Gasteiger partial charge in [-0.1, -0.05) is 44.2 Å². The maximum Gasteiger partial charge on any atom is 0.132 e. The van der Waals surface area contributed by atoms with Crippen molar-refractivity contribution in [2.24, 2.45) is 5.92 Å². The van der Waals surface area contributed by atoms with Crippen LogP contribution in [0.2, 0.25) is 0 Å². The lowest BCUT2D eigenvalue weighted by Crippen LogP contribution is -2.25. The lowest BCUT2D eigenvalue weighted by atomic mass is 9.78. The summed E-state index contributed by atoms with van der Waals surface area (Å²) in [7, 11) is 0. The third-order valence-corrected chi connectivity index (χ3v) is 8.28. The number of aliphatic hydroxyl groups excluding tert-OH is 2. The van der Waals surface area contributed by atoms with Gasteiger partial charge in [-0.25, -0.2) is 4.68 Å². The van der Waals surface area contributed by atoms with Gasteiger partial charge in [-0.3, -0.25) is 0 Å². The Morgan fingerprint density at radius 1 is 1.11 bits per heavy atom. The van der Waals surface area contributed by atoms with Crippen molar-refractivity contribution in [2.75, 3.05) is 19.1 Å². The largest absolute Gasteiger partial charge is 0.493 e. The van der Waals surface area contributed by atoms with E-state index < -0.39 is 6.10 Å². The van der Waals surface area contributed by atoms with E-state index in [1.807, 2.05) is 18.2 Å². The average molecular weight is 722 g/mol. The standard InChI is InChI=1S/C25H30ClI2N3O4/c1-16(11-26)14-34-20-7-4-17(5-8-20)25(2,3)18-6-9-23(21(27)10-18)35-15-19(33)12-31-24(28)22(13-32)29-30-31/h4-10,16,19,32-33H,11-15H2,1-3H3/t16-,19-/m1/s1/i27-4. The highest BCUT2D eigenvalue weighted by molar-refractivity contribution is 14.1. The van der Waals surface area contributed by atoms with E-state index >= 15 is 0 Å². The summed E-state index contributed by atoms with van der Waals surface area (Å²) in [6.45, 7) is 7.21. The molecule has 190 valence electrons. The van der Waals surface area contributed by atoms with E-state index in [1.54, 1.807) is 4.68 Å². The lowest BCUT2D eigenvalue weighted by Gasteiger charge is -2.27. The van der Waals surface area contributed by atoms with Crippen LogP contribution in [0.4, 0.5) is 0 Å². The number of hydrogen-bond donors (Lipinski definition) is 2. The van der Waals surface area contributed by atoms with Crippen LogP contribution in [0.3, 0.4) is 0 Å². The Labute approximate surface area is 238 Å². The second-order valence-electron chi connectivity index (χ2n) is 9.00.